The number of sulfonamides is 1. The van der Waals surface area contributed by atoms with E-state index in [2.05, 4.69) is 4.74 Å². The van der Waals surface area contributed by atoms with Crippen LogP contribution in [0, 0.1) is 0 Å². The molecule has 0 aromatic heterocycles. The summed E-state index contributed by atoms with van der Waals surface area (Å²) < 4.78 is 28.9. The maximum Gasteiger partial charge on any atom is 0.321 e. The number of hydrogen-bond acceptors (Lipinski definition) is 5. The van der Waals surface area contributed by atoms with Crippen LogP contribution in [0.3, 0.4) is 0 Å². The van der Waals surface area contributed by atoms with Crippen LogP contribution < -0.4 is 4.72 Å². The highest BCUT2D eigenvalue weighted by Crippen LogP contribution is 1.98. The number of carbonyl (C=O) groups excluding carboxylic acids is 1. The van der Waals surface area contributed by atoms with Gasteiger partial charge in [0.25, 0.3) is 0 Å². The summed E-state index contributed by atoms with van der Waals surface area (Å²) in [5.41, 5.74) is 0. The Morgan fingerprint density at radius 3 is 2.38 bits per heavy atom. The summed E-state index contributed by atoms with van der Waals surface area (Å²) in [5, 5.41) is 8.64. The fourth-order valence-electron chi connectivity index (χ4n) is 0.904. The van der Waals surface area contributed by atoms with Gasteiger partial charge in [-0.2, -0.15) is 0 Å². The van der Waals surface area contributed by atoms with Gasteiger partial charge in [-0.05, 0) is 6.42 Å². The SMILES string of the molecule is CC[C@H](NS(=O)(=O)CCC(=O)OC)C(=O)O. The summed E-state index contributed by atoms with van der Waals surface area (Å²) in [6.07, 6.45) is -0.172. The van der Waals surface area contributed by atoms with E-state index in [0.29, 0.717) is 0 Å². The Morgan fingerprint density at radius 2 is 2.00 bits per heavy atom. The molecule has 0 saturated carbocycles. The molecule has 0 bridgehead atoms. The molecule has 7 nitrogen and oxygen atoms in total. The molecule has 0 amide bonds. The van der Waals surface area contributed by atoms with Gasteiger partial charge in [0.2, 0.25) is 10.0 Å². The molecule has 0 unspecified atom stereocenters. The van der Waals surface area contributed by atoms with Crippen molar-refractivity contribution >= 4 is 22.0 Å². The lowest BCUT2D eigenvalue weighted by Gasteiger charge is -2.12. The standard InChI is InChI=1S/C8H15NO6S/c1-3-6(8(11)12)9-16(13,14)5-4-7(10)15-2/h6,9H,3-5H2,1-2H3,(H,11,12)/t6-/m0/s1. The van der Waals surface area contributed by atoms with Crippen molar-refractivity contribution in [1.82, 2.24) is 4.72 Å². The van der Waals surface area contributed by atoms with E-state index in [1.165, 1.54) is 0 Å². The molecule has 94 valence electrons. The van der Waals surface area contributed by atoms with Gasteiger partial charge in [0.1, 0.15) is 6.04 Å². The van der Waals surface area contributed by atoms with E-state index in [1.54, 1.807) is 6.92 Å². The fraction of sp³-hybridized carbons (Fsp3) is 0.750. The number of carboxylic acid groups (broad SMARTS) is 1. The van der Waals surface area contributed by atoms with Gasteiger partial charge in [-0.3, -0.25) is 9.59 Å². The van der Waals surface area contributed by atoms with Crippen molar-refractivity contribution in [3.8, 4) is 0 Å². The largest absolute Gasteiger partial charge is 0.480 e. The summed E-state index contributed by atoms with van der Waals surface area (Å²) in [5.74, 6) is -2.39. The highest BCUT2D eigenvalue weighted by atomic mass is 32.2. The Kier molecular flexibility index (Phi) is 5.97. The molecule has 0 radical (unpaired) electrons. The van der Waals surface area contributed by atoms with E-state index >= 15 is 0 Å². The first kappa shape index (κ1) is 14.8. The number of methoxy groups -OCH3 is 1. The van der Waals surface area contributed by atoms with Crippen molar-refractivity contribution in [2.24, 2.45) is 0 Å². The fourth-order valence-corrected chi connectivity index (χ4v) is 2.16. The van der Waals surface area contributed by atoms with Gasteiger partial charge in [-0.25, -0.2) is 13.1 Å². The third-order valence-corrected chi connectivity index (χ3v) is 3.22. The van der Waals surface area contributed by atoms with Crippen LogP contribution in [0.25, 0.3) is 0 Å². The van der Waals surface area contributed by atoms with Gasteiger partial charge in [-0.15, -0.1) is 0 Å². The first-order valence-corrected chi connectivity index (χ1v) is 6.27. The monoisotopic (exact) mass is 253 g/mol. The van der Waals surface area contributed by atoms with Crippen LogP contribution in [-0.4, -0.2) is 44.4 Å². The molecular formula is C8H15NO6S. The summed E-state index contributed by atoms with van der Waals surface area (Å²) in [7, 11) is -2.63. The normalized spacial score (nSPS) is 13.1. The maximum absolute atomic E-state index is 11.3. The number of ether oxygens (including phenoxy) is 1. The first-order chi connectivity index (χ1) is 7.32. The second-order valence-corrected chi connectivity index (χ2v) is 4.94. The van der Waals surface area contributed by atoms with E-state index in [4.69, 9.17) is 5.11 Å². The number of nitrogens with one attached hydrogen (secondary N) is 1. The highest BCUT2D eigenvalue weighted by Gasteiger charge is 2.22. The van der Waals surface area contributed by atoms with Crippen molar-refractivity contribution in [3.63, 3.8) is 0 Å². The number of hydrogen-bond donors (Lipinski definition) is 2. The third-order valence-electron chi connectivity index (χ3n) is 1.83. The highest BCUT2D eigenvalue weighted by molar-refractivity contribution is 7.89. The lowest BCUT2D eigenvalue weighted by molar-refractivity contribution is -0.140. The number of aliphatic carboxylic acids is 1. The summed E-state index contributed by atoms with van der Waals surface area (Å²) >= 11 is 0. The smallest absolute Gasteiger partial charge is 0.321 e. The Morgan fingerprint density at radius 1 is 1.44 bits per heavy atom. The van der Waals surface area contributed by atoms with Crippen LogP contribution in [0.15, 0.2) is 0 Å². The maximum atomic E-state index is 11.3. The minimum atomic E-state index is -3.77. The van der Waals surface area contributed by atoms with Crippen LogP contribution >= 0.6 is 0 Å². The molecule has 0 aliphatic rings. The van der Waals surface area contributed by atoms with Crippen LogP contribution in [0.1, 0.15) is 19.8 Å². The quantitative estimate of drug-likeness (QED) is 0.582. The van der Waals surface area contributed by atoms with Crippen molar-refractivity contribution < 1.29 is 27.9 Å². The van der Waals surface area contributed by atoms with Crippen LogP contribution in [0.5, 0.6) is 0 Å². The molecule has 0 aromatic rings. The van der Waals surface area contributed by atoms with Crippen LogP contribution in [0.2, 0.25) is 0 Å². The van der Waals surface area contributed by atoms with Crippen LogP contribution in [-0.2, 0) is 24.3 Å². The van der Waals surface area contributed by atoms with Crippen molar-refractivity contribution in [2.45, 2.75) is 25.8 Å². The zero-order valence-corrected chi connectivity index (χ0v) is 9.91. The lowest BCUT2D eigenvalue weighted by Crippen LogP contribution is -2.41. The molecule has 0 aromatic carbocycles. The van der Waals surface area contributed by atoms with Gasteiger partial charge in [0, 0.05) is 0 Å². The summed E-state index contributed by atoms with van der Waals surface area (Å²) in [6.45, 7) is 1.54. The molecule has 0 heterocycles. The summed E-state index contributed by atoms with van der Waals surface area (Å²) in [6, 6.07) is -1.16. The van der Waals surface area contributed by atoms with E-state index in [1.807, 2.05) is 4.72 Å². The molecule has 0 saturated heterocycles. The number of rotatable bonds is 7. The molecule has 0 spiro atoms. The predicted octanol–water partition coefficient (Wildman–Crippen LogP) is -0.668. The molecule has 0 aliphatic heterocycles. The van der Waals surface area contributed by atoms with E-state index in [0.717, 1.165) is 7.11 Å². The molecule has 8 heteroatoms. The minimum absolute atomic E-state index is 0.132. The lowest BCUT2D eigenvalue weighted by atomic mass is 10.2. The molecule has 2 N–H and O–H groups in total. The Balaban J connectivity index is 4.34. The molecule has 0 fully saturated rings. The topological polar surface area (TPSA) is 110 Å². The van der Waals surface area contributed by atoms with E-state index in [-0.39, 0.29) is 12.8 Å². The van der Waals surface area contributed by atoms with Crippen molar-refractivity contribution in [2.75, 3.05) is 12.9 Å². The minimum Gasteiger partial charge on any atom is -0.480 e. The Labute approximate surface area is 93.8 Å². The van der Waals surface area contributed by atoms with Gasteiger partial charge >= 0.3 is 11.9 Å². The zero-order chi connectivity index (χ0) is 12.8. The zero-order valence-electron chi connectivity index (χ0n) is 9.10. The number of carbonyl (C=O) groups is 2. The third kappa shape index (κ3) is 5.66. The number of carboxylic acids is 1. The van der Waals surface area contributed by atoms with Gasteiger partial charge in [0.05, 0.1) is 19.3 Å². The second-order valence-electron chi connectivity index (χ2n) is 3.06. The second kappa shape index (κ2) is 6.44. The number of esters is 1. The van der Waals surface area contributed by atoms with E-state index < -0.39 is 33.8 Å². The Bertz CT molecular complexity index is 350. The van der Waals surface area contributed by atoms with Crippen molar-refractivity contribution in [3.05, 3.63) is 0 Å². The average Bonchev–Trinajstić information content (AvgIpc) is 2.22. The molecular weight excluding hydrogens is 238 g/mol. The average molecular weight is 253 g/mol. The molecule has 0 aliphatic carbocycles. The van der Waals surface area contributed by atoms with Crippen LogP contribution in [0.4, 0.5) is 0 Å². The van der Waals surface area contributed by atoms with Gasteiger partial charge in [-0.1, -0.05) is 6.92 Å². The Hall–Kier alpha value is -1.15. The summed E-state index contributed by atoms with van der Waals surface area (Å²) in [4.78, 5) is 21.3. The first-order valence-electron chi connectivity index (χ1n) is 4.62. The van der Waals surface area contributed by atoms with Gasteiger partial charge in [0.15, 0.2) is 0 Å². The predicted molar refractivity (Wildman–Crippen MR) is 55.3 cm³/mol. The molecule has 0 rings (SSSR count). The molecule has 16 heavy (non-hydrogen) atoms. The van der Waals surface area contributed by atoms with E-state index in [9.17, 15) is 18.0 Å². The molecule has 1 atom stereocenters. The van der Waals surface area contributed by atoms with Crippen molar-refractivity contribution in [1.29, 1.82) is 0 Å². The van der Waals surface area contributed by atoms with Gasteiger partial charge < -0.3 is 9.84 Å².